The second-order valence-electron chi connectivity index (χ2n) is 6.48. The molecule has 0 unspecified atom stereocenters. The van der Waals surface area contributed by atoms with Crippen LogP contribution in [0.15, 0.2) is 32.6 Å². The highest BCUT2D eigenvalue weighted by Gasteiger charge is 2.22. The van der Waals surface area contributed by atoms with Crippen molar-refractivity contribution in [3.63, 3.8) is 0 Å². The topological polar surface area (TPSA) is 167 Å². The molecule has 0 aliphatic carbocycles. The highest BCUT2D eigenvalue weighted by molar-refractivity contribution is 6.37. The molecule has 0 fully saturated rings. The Hall–Kier alpha value is -3.46. The maximum absolute atomic E-state index is 12.0. The largest absolute Gasteiger partial charge is 0.434 e. The highest BCUT2D eigenvalue weighted by Crippen LogP contribution is 2.37. The molecule has 0 aliphatic rings. The van der Waals surface area contributed by atoms with Crippen LogP contribution >= 0.6 is 23.2 Å². The van der Waals surface area contributed by atoms with Gasteiger partial charge in [0.05, 0.1) is 26.9 Å². The van der Waals surface area contributed by atoms with Gasteiger partial charge in [-0.15, -0.1) is 10.2 Å². The molecule has 0 amide bonds. The van der Waals surface area contributed by atoms with Gasteiger partial charge in [0, 0.05) is 6.07 Å². The summed E-state index contributed by atoms with van der Waals surface area (Å²) in [7, 11) is 0. The summed E-state index contributed by atoms with van der Waals surface area (Å²) in [5.74, 6) is -0.157. The number of hydrogen-bond acceptors (Lipinski definition) is 8. The third-order valence-corrected chi connectivity index (χ3v) is 4.37. The molecular formula is C17H12Cl2N6O5. The SMILES string of the molecule is CC(C)(O)c1cc(Oc2c(Cl)cc(-n3nc(C#N)c(=O)[nH]c3=O)cc2Cl)n[nH]c1=O. The van der Waals surface area contributed by atoms with Crippen LogP contribution in [0.5, 0.6) is 11.6 Å². The molecule has 0 saturated heterocycles. The summed E-state index contributed by atoms with van der Waals surface area (Å²) >= 11 is 12.4. The highest BCUT2D eigenvalue weighted by atomic mass is 35.5. The first-order valence-electron chi connectivity index (χ1n) is 8.15. The van der Waals surface area contributed by atoms with Crippen LogP contribution in [0.25, 0.3) is 5.69 Å². The number of aromatic nitrogens is 5. The van der Waals surface area contributed by atoms with E-state index < -0.39 is 28.1 Å². The molecule has 0 saturated carbocycles. The van der Waals surface area contributed by atoms with Crippen molar-refractivity contribution in [3.8, 4) is 23.4 Å². The van der Waals surface area contributed by atoms with Gasteiger partial charge in [-0.1, -0.05) is 23.2 Å². The fourth-order valence-electron chi connectivity index (χ4n) is 2.41. The van der Waals surface area contributed by atoms with Crippen LogP contribution in [0.1, 0.15) is 25.1 Å². The molecule has 1 aromatic carbocycles. The molecule has 30 heavy (non-hydrogen) atoms. The van der Waals surface area contributed by atoms with E-state index in [1.807, 2.05) is 4.98 Å². The molecule has 3 rings (SSSR count). The Morgan fingerprint density at radius 2 is 1.80 bits per heavy atom. The summed E-state index contributed by atoms with van der Waals surface area (Å²) in [6.45, 7) is 2.83. The lowest BCUT2D eigenvalue weighted by Gasteiger charge is -2.17. The average Bonchev–Trinajstić information content (AvgIpc) is 2.65. The molecule has 0 bridgehead atoms. The third-order valence-electron chi connectivity index (χ3n) is 3.81. The van der Waals surface area contributed by atoms with Crippen LogP contribution in [0, 0.1) is 11.3 Å². The summed E-state index contributed by atoms with van der Waals surface area (Å²) in [6.07, 6.45) is 0. The van der Waals surface area contributed by atoms with Crippen molar-refractivity contribution in [2.75, 3.05) is 0 Å². The van der Waals surface area contributed by atoms with E-state index in [4.69, 9.17) is 33.2 Å². The normalized spacial score (nSPS) is 11.2. The van der Waals surface area contributed by atoms with E-state index in [-0.39, 0.29) is 32.9 Å². The van der Waals surface area contributed by atoms with Crippen molar-refractivity contribution in [2.45, 2.75) is 19.4 Å². The molecule has 3 aromatic rings. The van der Waals surface area contributed by atoms with Crippen molar-refractivity contribution in [3.05, 3.63) is 70.7 Å². The number of halogens is 2. The second kappa shape index (κ2) is 7.75. The van der Waals surface area contributed by atoms with Gasteiger partial charge in [-0.2, -0.15) is 9.94 Å². The fourth-order valence-corrected chi connectivity index (χ4v) is 2.97. The van der Waals surface area contributed by atoms with Gasteiger partial charge in [0.1, 0.15) is 6.07 Å². The number of H-pyrrole nitrogens is 2. The molecule has 2 aromatic heterocycles. The number of benzene rings is 1. The van der Waals surface area contributed by atoms with Gasteiger partial charge in [0.15, 0.2) is 5.75 Å². The Kier molecular flexibility index (Phi) is 5.49. The van der Waals surface area contributed by atoms with Crippen LogP contribution in [0.2, 0.25) is 10.0 Å². The first-order valence-corrected chi connectivity index (χ1v) is 8.90. The number of nitriles is 1. The third kappa shape index (κ3) is 4.11. The van der Waals surface area contributed by atoms with E-state index in [2.05, 4.69) is 15.3 Å². The van der Waals surface area contributed by atoms with Gasteiger partial charge in [-0.3, -0.25) is 14.6 Å². The molecule has 0 radical (unpaired) electrons. The zero-order valence-electron chi connectivity index (χ0n) is 15.4. The Labute approximate surface area is 177 Å². The van der Waals surface area contributed by atoms with Crippen molar-refractivity contribution in [1.29, 1.82) is 5.26 Å². The van der Waals surface area contributed by atoms with E-state index in [0.29, 0.717) is 0 Å². The van der Waals surface area contributed by atoms with Crippen LogP contribution in [-0.4, -0.2) is 30.1 Å². The number of nitrogens with one attached hydrogen (secondary N) is 2. The molecule has 2 heterocycles. The van der Waals surface area contributed by atoms with Crippen molar-refractivity contribution in [1.82, 2.24) is 25.0 Å². The van der Waals surface area contributed by atoms with E-state index in [1.165, 1.54) is 32.0 Å². The Balaban J connectivity index is 2.06. The van der Waals surface area contributed by atoms with Gasteiger partial charge in [-0.05, 0) is 26.0 Å². The molecular weight excluding hydrogens is 439 g/mol. The molecule has 0 atom stereocenters. The number of ether oxygens (including phenoxy) is 1. The monoisotopic (exact) mass is 450 g/mol. The van der Waals surface area contributed by atoms with Gasteiger partial charge in [0.2, 0.25) is 11.6 Å². The molecule has 154 valence electrons. The quantitative estimate of drug-likeness (QED) is 0.532. The van der Waals surface area contributed by atoms with E-state index >= 15 is 0 Å². The minimum atomic E-state index is -1.46. The zero-order chi connectivity index (χ0) is 22.2. The Bertz CT molecular complexity index is 1340. The smallest absolute Gasteiger partial charge is 0.349 e. The lowest BCUT2D eigenvalue weighted by Crippen LogP contribution is -2.33. The molecule has 3 N–H and O–H groups in total. The van der Waals surface area contributed by atoms with E-state index in [0.717, 1.165) is 4.68 Å². The number of hydrogen-bond donors (Lipinski definition) is 3. The van der Waals surface area contributed by atoms with Gasteiger partial charge in [0.25, 0.3) is 11.1 Å². The predicted octanol–water partition coefficient (Wildman–Crippen LogP) is 1.20. The van der Waals surface area contributed by atoms with Gasteiger partial charge in [-0.25, -0.2) is 9.89 Å². The number of nitrogens with zero attached hydrogens (tertiary/aromatic N) is 4. The number of rotatable bonds is 4. The summed E-state index contributed by atoms with van der Waals surface area (Å²) < 4.78 is 6.28. The number of aromatic amines is 2. The maximum Gasteiger partial charge on any atom is 0.349 e. The number of aliphatic hydroxyl groups is 1. The lowest BCUT2D eigenvalue weighted by molar-refractivity contribution is 0.0765. The molecule has 11 nitrogen and oxygen atoms in total. The Morgan fingerprint density at radius 3 is 2.37 bits per heavy atom. The van der Waals surface area contributed by atoms with Crippen LogP contribution in [0.3, 0.4) is 0 Å². The molecule has 13 heteroatoms. The Morgan fingerprint density at radius 1 is 1.17 bits per heavy atom. The van der Waals surface area contributed by atoms with E-state index in [1.54, 1.807) is 6.07 Å². The summed E-state index contributed by atoms with van der Waals surface area (Å²) in [6, 6.07) is 5.32. The van der Waals surface area contributed by atoms with Crippen molar-refractivity contribution < 1.29 is 9.84 Å². The first-order chi connectivity index (χ1) is 14.0. The fraction of sp³-hybridized carbons (Fsp3) is 0.176. The van der Waals surface area contributed by atoms with Crippen molar-refractivity contribution in [2.24, 2.45) is 0 Å². The van der Waals surface area contributed by atoms with Gasteiger partial charge < -0.3 is 9.84 Å². The second-order valence-corrected chi connectivity index (χ2v) is 7.29. The van der Waals surface area contributed by atoms with Crippen LogP contribution in [0.4, 0.5) is 0 Å². The lowest BCUT2D eigenvalue weighted by atomic mass is 10.0. The van der Waals surface area contributed by atoms with Crippen LogP contribution in [-0.2, 0) is 5.60 Å². The minimum absolute atomic E-state index is 0.00406. The first kappa shape index (κ1) is 21.3. The van der Waals surface area contributed by atoms with Gasteiger partial charge >= 0.3 is 5.69 Å². The van der Waals surface area contributed by atoms with E-state index in [9.17, 15) is 19.5 Å². The summed E-state index contributed by atoms with van der Waals surface area (Å²) in [5, 5.41) is 28.5. The minimum Gasteiger partial charge on any atom is -0.434 e. The molecule has 0 aliphatic heterocycles. The zero-order valence-corrected chi connectivity index (χ0v) is 16.9. The maximum atomic E-state index is 12.0. The molecule has 0 spiro atoms. The predicted molar refractivity (Wildman–Crippen MR) is 105 cm³/mol. The van der Waals surface area contributed by atoms with Crippen molar-refractivity contribution >= 4 is 23.2 Å². The average molecular weight is 451 g/mol. The summed E-state index contributed by atoms with van der Waals surface area (Å²) in [5.41, 5.74) is -4.36. The summed E-state index contributed by atoms with van der Waals surface area (Å²) in [4.78, 5) is 37.3. The standard InChI is InChI=1S/C17H12Cl2N6O5/c1-17(2,29)8-5-12(22-23-14(8)26)30-13-9(18)3-7(4-10(13)19)25-16(28)21-15(27)11(6-20)24-25/h3-5,29H,1-2H3,(H,23,26)(H,21,27,28). The van der Waals surface area contributed by atoms with Crippen LogP contribution < -0.4 is 21.5 Å².